The van der Waals surface area contributed by atoms with Crippen LogP contribution in [0.3, 0.4) is 0 Å². The van der Waals surface area contributed by atoms with Gasteiger partial charge in [0.2, 0.25) is 0 Å². The van der Waals surface area contributed by atoms with Gasteiger partial charge in [-0.15, -0.1) is 0 Å². The minimum absolute atomic E-state index is 0.117. The molecule has 0 aliphatic rings. The van der Waals surface area contributed by atoms with Crippen molar-refractivity contribution in [1.82, 2.24) is 0 Å². The molecule has 0 fully saturated rings. The first kappa shape index (κ1) is 11.0. The number of halogens is 2. The fourth-order valence-electron chi connectivity index (χ4n) is 1.14. The molecular weight excluding hydrogens is 204 g/mol. The lowest BCUT2D eigenvalue weighted by Crippen LogP contribution is -1.96. The molecule has 0 aromatic heterocycles. The Morgan fingerprint density at radius 2 is 1.93 bits per heavy atom. The van der Waals surface area contributed by atoms with E-state index in [0.29, 0.717) is 18.6 Å². The van der Waals surface area contributed by atoms with E-state index >= 15 is 0 Å². The summed E-state index contributed by atoms with van der Waals surface area (Å²) in [5.41, 5.74) is 0.117. The summed E-state index contributed by atoms with van der Waals surface area (Å²) in [7, 11) is 0. The third-order valence-electron chi connectivity index (χ3n) is 1.80. The first-order valence-corrected chi connectivity index (χ1v) is 5.18. The molecule has 14 heavy (non-hydrogen) atoms. The van der Waals surface area contributed by atoms with Crippen LogP contribution in [0.2, 0.25) is 0 Å². The minimum Gasteiger partial charge on any atom is -0.207 e. The SMILES string of the molecule is N#CSCCCc1c(F)cccc1F. The van der Waals surface area contributed by atoms with Crippen LogP contribution in [0.5, 0.6) is 0 Å². The van der Waals surface area contributed by atoms with Gasteiger partial charge in [0.15, 0.2) is 0 Å². The maximum absolute atomic E-state index is 13.0. The highest BCUT2D eigenvalue weighted by Crippen LogP contribution is 2.15. The van der Waals surface area contributed by atoms with E-state index in [9.17, 15) is 8.78 Å². The number of benzene rings is 1. The van der Waals surface area contributed by atoms with E-state index in [2.05, 4.69) is 0 Å². The van der Waals surface area contributed by atoms with Gasteiger partial charge in [-0.2, -0.15) is 5.26 Å². The maximum Gasteiger partial charge on any atom is 0.133 e. The van der Waals surface area contributed by atoms with Gasteiger partial charge in [-0.25, -0.2) is 8.78 Å². The van der Waals surface area contributed by atoms with Gasteiger partial charge >= 0.3 is 0 Å². The van der Waals surface area contributed by atoms with E-state index in [-0.39, 0.29) is 5.56 Å². The predicted octanol–water partition coefficient (Wildman–Crippen LogP) is 3.11. The smallest absolute Gasteiger partial charge is 0.133 e. The molecule has 0 amide bonds. The van der Waals surface area contributed by atoms with Gasteiger partial charge in [0.1, 0.15) is 17.0 Å². The largest absolute Gasteiger partial charge is 0.207 e. The van der Waals surface area contributed by atoms with Crippen molar-refractivity contribution < 1.29 is 8.78 Å². The minimum atomic E-state index is -0.507. The standard InChI is InChI=1S/C10H9F2NS/c11-9-4-1-5-10(12)8(9)3-2-6-14-7-13/h1,4-5H,2-3,6H2. The summed E-state index contributed by atoms with van der Waals surface area (Å²) in [6, 6.07) is 3.84. The van der Waals surface area contributed by atoms with Crippen molar-refractivity contribution in [2.75, 3.05) is 5.75 Å². The van der Waals surface area contributed by atoms with Crippen molar-refractivity contribution in [2.24, 2.45) is 0 Å². The van der Waals surface area contributed by atoms with Crippen LogP contribution >= 0.6 is 11.8 Å². The molecule has 4 heteroatoms. The molecule has 1 aromatic carbocycles. The molecule has 0 aliphatic heterocycles. The molecule has 1 rings (SSSR count). The zero-order chi connectivity index (χ0) is 10.4. The first-order chi connectivity index (χ1) is 6.75. The van der Waals surface area contributed by atoms with Crippen molar-refractivity contribution in [2.45, 2.75) is 12.8 Å². The van der Waals surface area contributed by atoms with Crippen molar-refractivity contribution >= 4 is 11.8 Å². The van der Waals surface area contributed by atoms with Crippen molar-refractivity contribution in [3.63, 3.8) is 0 Å². The van der Waals surface area contributed by atoms with E-state index in [1.54, 1.807) is 0 Å². The van der Waals surface area contributed by atoms with E-state index in [1.807, 2.05) is 5.40 Å². The van der Waals surface area contributed by atoms with Gasteiger partial charge < -0.3 is 0 Å². The normalized spacial score (nSPS) is 9.79. The summed E-state index contributed by atoms with van der Waals surface area (Å²) < 4.78 is 26.1. The molecule has 74 valence electrons. The summed E-state index contributed by atoms with van der Waals surface area (Å²) in [6.07, 6.45) is 0.948. The van der Waals surface area contributed by atoms with Gasteiger partial charge in [-0.05, 0) is 36.7 Å². The Kier molecular flexibility index (Phi) is 4.41. The van der Waals surface area contributed by atoms with Gasteiger partial charge in [-0.3, -0.25) is 0 Å². The maximum atomic E-state index is 13.0. The Labute approximate surface area is 85.7 Å². The molecule has 0 saturated carbocycles. The van der Waals surface area contributed by atoms with Crippen LogP contribution in [0, 0.1) is 22.3 Å². The van der Waals surface area contributed by atoms with Crippen LogP contribution in [-0.2, 0) is 6.42 Å². The van der Waals surface area contributed by atoms with Gasteiger partial charge in [0.05, 0.1) is 0 Å². The number of hydrogen-bond donors (Lipinski definition) is 0. The lowest BCUT2D eigenvalue weighted by Gasteiger charge is -2.02. The predicted molar refractivity (Wildman–Crippen MR) is 52.8 cm³/mol. The highest BCUT2D eigenvalue weighted by molar-refractivity contribution is 8.03. The quantitative estimate of drug-likeness (QED) is 0.566. The number of nitriles is 1. The van der Waals surface area contributed by atoms with Crippen molar-refractivity contribution in [1.29, 1.82) is 5.26 Å². The van der Waals surface area contributed by atoms with Crippen LogP contribution in [0.25, 0.3) is 0 Å². The third-order valence-corrected chi connectivity index (χ3v) is 2.42. The second kappa shape index (κ2) is 5.61. The highest BCUT2D eigenvalue weighted by Gasteiger charge is 2.07. The van der Waals surface area contributed by atoms with Crippen LogP contribution in [0.1, 0.15) is 12.0 Å². The average molecular weight is 213 g/mol. The summed E-state index contributed by atoms with van der Waals surface area (Å²) in [6.45, 7) is 0. The zero-order valence-corrected chi connectivity index (χ0v) is 8.28. The average Bonchev–Trinajstić information content (AvgIpc) is 2.16. The van der Waals surface area contributed by atoms with Crippen molar-refractivity contribution in [3.8, 4) is 5.40 Å². The number of thioether (sulfide) groups is 1. The monoisotopic (exact) mass is 213 g/mol. The lowest BCUT2D eigenvalue weighted by molar-refractivity contribution is 0.553. The Morgan fingerprint density at radius 1 is 1.29 bits per heavy atom. The fraction of sp³-hybridized carbons (Fsp3) is 0.300. The summed E-state index contributed by atoms with van der Waals surface area (Å²) in [4.78, 5) is 0. The molecule has 0 spiro atoms. The van der Waals surface area contributed by atoms with Crippen LogP contribution in [0.4, 0.5) is 8.78 Å². The van der Waals surface area contributed by atoms with Gasteiger partial charge in [0, 0.05) is 11.3 Å². The Bertz CT molecular complexity index is 326. The number of hydrogen-bond acceptors (Lipinski definition) is 2. The fourth-order valence-corrected chi connectivity index (χ4v) is 1.52. The molecule has 0 bridgehead atoms. The summed E-state index contributed by atoms with van der Waals surface area (Å²) in [5.74, 6) is -0.413. The van der Waals surface area contributed by atoms with Gasteiger partial charge in [0.25, 0.3) is 0 Å². The number of rotatable bonds is 4. The summed E-state index contributed by atoms with van der Waals surface area (Å²) >= 11 is 1.10. The van der Waals surface area contributed by atoms with E-state index in [1.165, 1.54) is 18.2 Å². The second-order valence-corrected chi connectivity index (χ2v) is 3.62. The van der Waals surface area contributed by atoms with Crippen molar-refractivity contribution in [3.05, 3.63) is 35.4 Å². The Morgan fingerprint density at radius 3 is 2.50 bits per heavy atom. The van der Waals surface area contributed by atoms with Crippen LogP contribution in [0.15, 0.2) is 18.2 Å². The molecule has 0 N–H and O–H groups in total. The molecule has 0 unspecified atom stereocenters. The highest BCUT2D eigenvalue weighted by atomic mass is 32.2. The topological polar surface area (TPSA) is 23.8 Å². The van der Waals surface area contributed by atoms with E-state index in [0.717, 1.165) is 11.8 Å². The van der Waals surface area contributed by atoms with E-state index < -0.39 is 11.6 Å². The molecule has 0 aliphatic carbocycles. The Balaban J connectivity index is 2.54. The molecule has 0 saturated heterocycles. The molecule has 1 nitrogen and oxygen atoms in total. The Hall–Kier alpha value is -1.08. The third kappa shape index (κ3) is 3.00. The molecular formula is C10H9F2NS. The number of thiocyanates is 1. The molecule has 0 heterocycles. The number of nitrogens with zero attached hydrogens (tertiary/aromatic N) is 1. The van der Waals surface area contributed by atoms with Gasteiger partial charge in [-0.1, -0.05) is 6.07 Å². The second-order valence-electron chi connectivity index (χ2n) is 2.74. The molecule has 0 atom stereocenters. The van der Waals surface area contributed by atoms with Crippen LogP contribution < -0.4 is 0 Å². The lowest BCUT2D eigenvalue weighted by atomic mass is 10.1. The van der Waals surface area contributed by atoms with E-state index in [4.69, 9.17) is 5.26 Å². The summed E-state index contributed by atoms with van der Waals surface area (Å²) in [5, 5.41) is 10.1. The first-order valence-electron chi connectivity index (χ1n) is 4.19. The zero-order valence-electron chi connectivity index (χ0n) is 7.46. The molecule has 0 radical (unpaired) electrons. The molecule has 1 aromatic rings. The van der Waals surface area contributed by atoms with Crippen LogP contribution in [-0.4, -0.2) is 5.75 Å².